The van der Waals surface area contributed by atoms with Crippen molar-refractivity contribution in [3.8, 4) is 0 Å². The summed E-state index contributed by atoms with van der Waals surface area (Å²) in [6.45, 7) is 5.00. The van der Waals surface area contributed by atoms with Gasteiger partial charge in [-0.1, -0.05) is 44.2 Å². The Morgan fingerprint density at radius 1 is 1.13 bits per heavy atom. The van der Waals surface area contributed by atoms with Gasteiger partial charge >= 0.3 is 0 Å². The molecule has 0 saturated heterocycles. The van der Waals surface area contributed by atoms with Crippen molar-refractivity contribution in [2.24, 2.45) is 5.40 Å². The summed E-state index contributed by atoms with van der Waals surface area (Å²) in [6, 6.07) is 12.4. The molecule has 0 aliphatic heterocycles. The van der Waals surface area contributed by atoms with Crippen LogP contribution in [-0.4, -0.2) is 15.1 Å². The lowest BCUT2D eigenvalue weighted by Crippen LogP contribution is -2.48. The molecule has 84 valence electrons. The summed E-state index contributed by atoms with van der Waals surface area (Å²) < 4.78 is 5.85. The van der Waals surface area contributed by atoms with Crippen LogP contribution in [0.5, 0.6) is 0 Å². The molecule has 1 aromatic carbocycles. The summed E-state index contributed by atoms with van der Waals surface area (Å²) in [4.78, 5) is 0. The molecule has 1 rings (SSSR count). The zero-order valence-electron chi connectivity index (χ0n) is 9.70. The van der Waals surface area contributed by atoms with Crippen molar-refractivity contribution < 1.29 is 4.43 Å². The monoisotopic (exact) mass is 223 g/mol. The van der Waals surface area contributed by atoms with Gasteiger partial charge in [-0.2, -0.15) is 0 Å². The van der Waals surface area contributed by atoms with Crippen molar-refractivity contribution in [3.05, 3.63) is 35.9 Å². The molecule has 15 heavy (non-hydrogen) atoms. The van der Waals surface area contributed by atoms with Gasteiger partial charge < -0.3 is 9.83 Å². The van der Waals surface area contributed by atoms with Crippen LogP contribution < -0.4 is 5.40 Å². The molecule has 0 atom stereocenters. The van der Waals surface area contributed by atoms with Gasteiger partial charge in [-0.3, -0.25) is 0 Å². The van der Waals surface area contributed by atoms with Crippen LogP contribution in [0.3, 0.4) is 0 Å². The van der Waals surface area contributed by atoms with Crippen LogP contribution in [0.15, 0.2) is 30.3 Å². The normalized spacial score (nSPS) is 11.7. The molecule has 3 heteroatoms. The highest BCUT2D eigenvalue weighted by Gasteiger charge is 2.25. The molecule has 0 bridgehead atoms. The van der Waals surface area contributed by atoms with Crippen molar-refractivity contribution in [1.29, 1.82) is 0 Å². The van der Waals surface area contributed by atoms with Crippen LogP contribution in [0.2, 0.25) is 12.1 Å². The van der Waals surface area contributed by atoms with Crippen molar-refractivity contribution in [2.45, 2.75) is 32.4 Å². The van der Waals surface area contributed by atoms with E-state index < -0.39 is 8.48 Å². The Morgan fingerprint density at radius 3 is 2.27 bits per heavy atom. The Bertz CT molecular complexity index is 272. The van der Waals surface area contributed by atoms with Crippen LogP contribution in [0.4, 0.5) is 0 Å². The summed E-state index contributed by atoms with van der Waals surface area (Å²) in [5.74, 6) is 0. The highest BCUT2D eigenvalue weighted by molar-refractivity contribution is 6.70. The third-order valence-electron chi connectivity index (χ3n) is 2.82. The molecule has 2 N–H and O–H groups in total. The lowest BCUT2D eigenvalue weighted by Gasteiger charge is -2.23. The molecule has 2 nitrogen and oxygen atoms in total. The van der Waals surface area contributed by atoms with E-state index >= 15 is 0 Å². The SMILES string of the molecule is CC[Si](N)(CC)OCCc1ccccc1. The van der Waals surface area contributed by atoms with Gasteiger partial charge in [0.15, 0.2) is 0 Å². The van der Waals surface area contributed by atoms with Crippen molar-refractivity contribution in [3.63, 3.8) is 0 Å². The molecule has 0 saturated carbocycles. The van der Waals surface area contributed by atoms with E-state index in [4.69, 9.17) is 9.83 Å². The Kier molecular flexibility index (Phi) is 5.01. The predicted octanol–water partition coefficient (Wildman–Crippen LogP) is 2.69. The van der Waals surface area contributed by atoms with E-state index in [1.807, 2.05) is 6.07 Å². The molecular formula is C12H21NOSi. The predicted molar refractivity (Wildman–Crippen MR) is 67.0 cm³/mol. The Hall–Kier alpha value is -0.643. The van der Waals surface area contributed by atoms with Crippen LogP contribution in [0.1, 0.15) is 19.4 Å². The molecule has 0 radical (unpaired) electrons. The second-order valence-corrected chi connectivity index (χ2v) is 7.69. The smallest absolute Gasteiger partial charge is 0.265 e. The third-order valence-corrected chi connectivity index (χ3v) is 5.99. The molecule has 0 heterocycles. The number of rotatable bonds is 6. The minimum Gasteiger partial charge on any atom is -0.403 e. The van der Waals surface area contributed by atoms with Gasteiger partial charge in [0.25, 0.3) is 8.48 Å². The number of benzene rings is 1. The van der Waals surface area contributed by atoms with E-state index in [1.165, 1.54) is 5.56 Å². The standard InChI is InChI=1S/C12H21NOSi/c1-3-15(13,4-2)14-11-10-12-8-6-5-7-9-12/h5-9H,3-4,10-11,13H2,1-2H3. The number of nitrogens with two attached hydrogens (primary N) is 1. The highest BCUT2D eigenvalue weighted by atomic mass is 28.4. The molecular weight excluding hydrogens is 202 g/mol. The van der Waals surface area contributed by atoms with E-state index in [0.717, 1.165) is 25.1 Å². The molecule has 0 aliphatic carbocycles. The minimum atomic E-state index is -1.85. The first-order chi connectivity index (χ1) is 7.20. The summed E-state index contributed by atoms with van der Waals surface area (Å²) in [5.41, 5.74) is 1.32. The first-order valence-electron chi connectivity index (χ1n) is 5.67. The van der Waals surface area contributed by atoms with Gasteiger partial charge in [-0.25, -0.2) is 0 Å². The lowest BCUT2D eigenvalue weighted by atomic mass is 10.2. The van der Waals surface area contributed by atoms with E-state index in [0.29, 0.717) is 0 Å². The zero-order valence-corrected chi connectivity index (χ0v) is 10.7. The van der Waals surface area contributed by atoms with Crippen molar-refractivity contribution in [2.75, 3.05) is 6.61 Å². The van der Waals surface area contributed by atoms with E-state index in [2.05, 4.69) is 38.1 Å². The van der Waals surface area contributed by atoms with Gasteiger partial charge in [0.2, 0.25) is 0 Å². The maximum Gasteiger partial charge on any atom is 0.265 e. The maximum absolute atomic E-state index is 6.18. The summed E-state index contributed by atoms with van der Waals surface area (Å²) in [7, 11) is -1.85. The number of hydrogen-bond acceptors (Lipinski definition) is 2. The highest BCUT2D eigenvalue weighted by Crippen LogP contribution is 2.10. The Balaban J connectivity index is 2.33. The minimum absolute atomic E-state index is 0.758. The molecule has 0 amide bonds. The molecule has 0 fully saturated rings. The summed E-state index contributed by atoms with van der Waals surface area (Å²) >= 11 is 0. The largest absolute Gasteiger partial charge is 0.403 e. The lowest BCUT2D eigenvalue weighted by molar-refractivity contribution is 0.304. The number of hydrogen-bond donors (Lipinski definition) is 1. The van der Waals surface area contributed by atoms with Crippen LogP contribution in [0.25, 0.3) is 0 Å². The first kappa shape index (κ1) is 12.4. The molecule has 0 aliphatic rings. The van der Waals surface area contributed by atoms with Crippen molar-refractivity contribution >= 4 is 8.48 Å². The Morgan fingerprint density at radius 2 is 1.73 bits per heavy atom. The second-order valence-electron chi connectivity index (χ2n) is 3.86. The molecule has 1 aromatic rings. The summed E-state index contributed by atoms with van der Waals surface area (Å²) in [5, 5.41) is 6.18. The fraction of sp³-hybridized carbons (Fsp3) is 0.500. The average molecular weight is 223 g/mol. The van der Waals surface area contributed by atoms with Gasteiger partial charge in [0.1, 0.15) is 0 Å². The molecule has 0 spiro atoms. The summed E-state index contributed by atoms with van der Waals surface area (Å²) in [6.07, 6.45) is 0.965. The van der Waals surface area contributed by atoms with E-state index in [-0.39, 0.29) is 0 Å². The van der Waals surface area contributed by atoms with Crippen LogP contribution in [0, 0.1) is 0 Å². The van der Waals surface area contributed by atoms with Crippen molar-refractivity contribution in [1.82, 2.24) is 0 Å². The quantitative estimate of drug-likeness (QED) is 0.753. The fourth-order valence-electron chi connectivity index (χ4n) is 1.47. The van der Waals surface area contributed by atoms with Gasteiger partial charge in [0.05, 0.1) is 0 Å². The molecule has 0 unspecified atom stereocenters. The Labute approximate surface area is 93.7 Å². The topological polar surface area (TPSA) is 35.2 Å². The van der Waals surface area contributed by atoms with E-state index in [9.17, 15) is 0 Å². The maximum atomic E-state index is 6.18. The third kappa shape index (κ3) is 4.16. The van der Waals surface area contributed by atoms with Crippen LogP contribution >= 0.6 is 0 Å². The van der Waals surface area contributed by atoms with Crippen LogP contribution in [-0.2, 0) is 10.8 Å². The fourth-order valence-corrected chi connectivity index (χ4v) is 2.89. The molecule has 0 aromatic heterocycles. The van der Waals surface area contributed by atoms with E-state index in [1.54, 1.807) is 0 Å². The van der Waals surface area contributed by atoms with Gasteiger partial charge in [0, 0.05) is 6.61 Å². The first-order valence-corrected chi connectivity index (χ1v) is 8.07. The average Bonchev–Trinajstić information content (AvgIpc) is 2.30. The zero-order chi connectivity index (χ0) is 11.1. The second kappa shape index (κ2) is 6.05. The van der Waals surface area contributed by atoms with Gasteiger partial charge in [-0.15, -0.1) is 0 Å². The van der Waals surface area contributed by atoms with Gasteiger partial charge in [-0.05, 0) is 24.1 Å².